The van der Waals surface area contributed by atoms with Crippen molar-refractivity contribution in [3.63, 3.8) is 0 Å². The van der Waals surface area contributed by atoms with Crippen molar-refractivity contribution in [1.82, 2.24) is 4.90 Å². The van der Waals surface area contributed by atoms with Crippen LogP contribution in [0.1, 0.15) is 12.8 Å². The SMILES string of the molecule is CN(C)C1(C#N)CCCOC1. The highest BCUT2D eigenvalue weighted by Crippen LogP contribution is 2.22. The second-order valence-corrected chi connectivity index (χ2v) is 3.19. The third-order valence-corrected chi connectivity index (χ3v) is 2.28. The van der Waals surface area contributed by atoms with Crippen molar-refractivity contribution < 1.29 is 4.74 Å². The predicted octanol–water partition coefficient (Wildman–Crippen LogP) is 0.621. The van der Waals surface area contributed by atoms with E-state index in [1.807, 2.05) is 19.0 Å². The van der Waals surface area contributed by atoms with Gasteiger partial charge in [-0.1, -0.05) is 0 Å². The summed E-state index contributed by atoms with van der Waals surface area (Å²) in [5.41, 5.74) is -0.363. The Hall–Kier alpha value is -0.590. The molecule has 0 N–H and O–H groups in total. The Morgan fingerprint density at radius 1 is 1.55 bits per heavy atom. The van der Waals surface area contributed by atoms with Gasteiger partial charge in [0, 0.05) is 6.61 Å². The summed E-state index contributed by atoms with van der Waals surface area (Å²) in [5, 5.41) is 8.94. The number of nitrogens with zero attached hydrogens (tertiary/aromatic N) is 2. The monoisotopic (exact) mass is 154 g/mol. The Labute approximate surface area is 67.6 Å². The third kappa shape index (κ3) is 1.52. The van der Waals surface area contributed by atoms with Crippen LogP contribution in [0, 0.1) is 11.3 Å². The van der Waals surface area contributed by atoms with E-state index in [9.17, 15) is 0 Å². The van der Waals surface area contributed by atoms with E-state index in [-0.39, 0.29) is 5.54 Å². The smallest absolute Gasteiger partial charge is 0.132 e. The van der Waals surface area contributed by atoms with Crippen molar-refractivity contribution in [1.29, 1.82) is 5.26 Å². The van der Waals surface area contributed by atoms with Crippen LogP contribution in [0.4, 0.5) is 0 Å². The fourth-order valence-corrected chi connectivity index (χ4v) is 1.32. The molecular formula is C8H14N2O. The Morgan fingerprint density at radius 2 is 2.27 bits per heavy atom. The molecule has 0 radical (unpaired) electrons. The van der Waals surface area contributed by atoms with Gasteiger partial charge in [-0.2, -0.15) is 5.26 Å². The second-order valence-electron chi connectivity index (χ2n) is 3.19. The molecule has 1 saturated heterocycles. The highest BCUT2D eigenvalue weighted by molar-refractivity contribution is 5.08. The van der Waals surface area contributed by atoms with Gasteiger partial charge in [0.2, 0.25) is 0 Å². The minimum absolute atomic E-state index is 0.363. The standard InChI is InChI=1S/C8H14N2O/c1-10(2)8(6-9)4-3-5-11-7-8/h3-5,7H2,1-2H3. The van der Waals surface area contributed by atoms with E-state index in [0.29, 0.717) is 6.61 Å². The topological polar surface area (TPSA) is 36.3 Å². The first-order chi connectivity index (χ1) is 5.21. The Balaban J connectivity index is 2.67. The summed E-state index contributed by atoms with van der Waals surface area (Å²) in [7, 11) is 3.86. The fourth-order valence-electron chi connectivity index (χ4n) is 1.32. The number of rotatable bonds is 1. The minimum atomic E-state index is -0.363. The summed E-state index contributed by atoms with van der Waals surface area (Å²) in [6, 6.07) is 2.32. The van der Waals surface area contributed by atoms with Crippen molar-refractivity contribution in [3.8, 4) is 6.07 Å². The summed E-state index contributed by atoms with van der Waals surface area (Å²) in [4.78, 5) is 1.95. The lowest BCUT2D eigenvalue weighted by Crippen LogP contribution is -2.49. The van der Waals surface area contributed by atoms with E-state index in [1.165, 1.54) is 0 Å². The predicted molar refractivity (Wildman–Crippen MR) is 42.1 cm³/mol. The molecule has 1 atom stereocenters. The summed E-state index contributed by atoms with van der Waals surface area (Å²) in [5.74, 6) is 0. The van der Waals surface area contributed by atoms with Gasteiger partial charge in [-0.3, -0.25) is 4.90 Å². The first kappa shape index (κ1) is 8.51. The quantitative estimate of drug-likeness (QED) is 0.555. The molecule has 62 valence electrons. The van der Waals surface area contributed by atoms with Crippen LogP contribution in [-0.4, -0.2) is 37.7 Å². The van der Waals surface area contributed by atoms with Crippen LogP contribution >= 0.6 is 0 Å². The van der Waals surface area contributed by atoms with Crippen molar-refractivity contribution in [3.05, 3.63) is 0 Å². The number of ether oxygens (including phenoxy) is 1. The summed E-state index contributed by atoms with van der Waals surface area (Å²) >= 11 is 0. The van der Waals surface area contributed by atoms with Crippen LogP contribution < -0.4 is 0 Å². The Kier molecular flexibility index (Phi) is 2.48. The molecule has 1 aliphatic rings. The first-order valence-electron chi connectivity index (χ1n) is 3.88. The lowest BCUT2D eigenvalue weighted by Gasteiger charge is -2.36. The molecule has 3 heteroatoms. The molecule has 1 heterocycles. The maximum absolute atomic E-state index is 8.94. The molecule has 0 amide bonds. The first-order valence-corrected chi connectivity index (χ1v) is 3.88. The molecule has 1 unspecified atom stereocenters. The zero-order valence-electron chi connectivity index (χ0n) is 7.13. The van der Waals surface area contributed by atoms with Crippen LogP contribution in [0.25, 0.3) is 0 Å². The zero-order chi connectivity index (χ0) is 8.32. The van der Waals surface area contributed by atoms with Crippen LogP contribution in [0.3, 0.4) is 0 Å². The highest BCUT2D eigenvalue weighted by atomic mass is 16.5. The summed E-state index contributed by atoms with van der Waals surface area (Å²) in [6.45, 7) is 1.35. The van der Waals surface area contributed by atoms with Gasteiger partial charge in [-0.15, -0.1) is 0 Å². The molecule has 3 nitrogen and oxygen atoms in total. The third-order valence-electron chi connectivity index (χ3n) is 2.28. The van der Waals surface area contributed by atoms with Gasteiger partial charge in [0.25, 0.3) is 0 Å². The Bertz CT molecular complexity index is 165. The normalized spacial score (nSPS) is 31.8. The fraction of sp³-hybridized carbons (Fsp3) is 0.875. The summed E-state index contributed by atoms with van der Waals surface area (Å²) < 4.78 is 5.27. The minimum Gasteiger partial charge on any atom is -0.378 e. The van der Waals surface area contributed by atoms with Crippen molar-refractivity contribution >= 4 is 0 Å². The van der Waals surface area contributed by atoms with Gasteiger partial charge in [-0.25, -0.2) is 0 Å². The average Bonchev–Trinajstić information content (AvgIpc) is 2.05. The van der Waals surface area contributed by atoms with E-state index in [1.54, 1.807) is 0 Å². The van der Waals surface area contributed by atoms with Gasteiger partial charge in [-0.05, 0) is 26.9 Å². The van der Waals surface area contributed by atoms with Crippen molar-refractivity contribution in [2.45, 2.75) is 18.4 Å². The van der Waals surface area contributed by atoms with Gasteiger partial charge < -0.3 is 4.74 Å². The average molecular weight is 154 g/mol. The highest BCUT2D eigenvalue weighted by Gasteiger charge is 2.34. The lowest BCUT2D eigenvalue weighted by molar-refractivity contribution is 0.00124. The maximum atomic E-state index is 8.94. The van der Waals surface area contributed by atoms with Gasteiger partial charge in [0.05, 0.1) is 12.7 Å². The molecule has 0 aliphatic carbocycles. The number of hydrogen-bond acceptors (Lipinski definition) is 3. The number of hydrogen-bond donors (Lipinski definition) is 0. The van der Waals surface area contributed by atoms with Crippen LogP contribution in [0.2, 0.25) is 0 Å². The van der Waals surface area contributed by atoms with Crippen molar-refractivity contribution in [2.24, 2.45) is 0 Å². The van der Waals surface area contributed by atoms with Crippen molar-refractivity contribution in [2.75, 3.05) is 27.3 Å². The van der Waals surface area contributed by atoms with E-state index >= 15 is 0 Å². The zero-order valence-corrected chi connectivity index (χ0v) is 7.13. The Morgan fingerprint density at radius 3 is 2.55 bits per heavy atom. The molecule has 0 saturated carbocycles. The molecular weight excluding hydrogens is 140 g/mol. The maximum Gasteiger partial charge on any atom is 0.132 e. The summed E-state index contributed by atoms with van der Waals surface area (Å²) in [6.07, 6.45) is 1.92. The molecule has 0 aromatic rings. The van der Waals surface area contributed by atoms with E-state index in [2.05, 4.69) is 6.07 Å². The molecule has 1 fully saturated rings. The number of likely N-dealkylation sites (N-methyl/N-ethyl adjacent to an activating group) is 1. The molecule has 1 aliphatic heterocycles. The van der Waals surface area contributed by atoms with Gasteiger partial charge >= 0.3 is 0 Å². The molecule has 0 bridgehead atoms. The molecule has 0 aromatic heterocycles. The molecule has 1 rings (SSSR count). The largest absolute Gasteiger partial charge is 0.378 e. The van der Waals surface area contributed by atoms with Crippen LogP contribution in [0.5, 0.6) is 0 Å². The molecule has 0 aromatic carbocycles. The van der Waals surface area contributed by atoms with E-state index in [4.69, 9.17) is 10.00 Å². The number of nitriles is 1. The van der Waals surface area contributed by atoms with Crippen LogP contribution in [0.15, 0.2) is 0 Å². The van der Waals surface area contributed by atoms with E-state index in [0.717, 1.165) is 19.4 Å². The molecule has 11 heavy (non-hydrogen) atoms. The van der Waals surface area contributed by atoms with Gasteiger partial charge in [0.1, 0.15) is 5.54 Å². The van der Waals surface area contributed by atoms with E-state index < -0.39 is 0 Å². The molecule has 0 spiro atoms. The second kappa shape index (κ2) is 3.21. The lowest BCUT2D eigenvalue weighted by atomic mass is 9.93. The van der Waals surface area contributed by atoms with Gasteiger partial charge in [0.15, 0.2) is 0 Å². The van der Waals surface area contributed by atoms with Crippen LogP contribution in [-0.2, 0) is 4.74 Å².